The van der Waals surface area contributed by atoms with Crippen LogP contribution in [0, 0.1) is 0 Å². The molecule has 1 heterocycles. The van der Waals surface area contributed by atoms with E-state index in [9.17, 15) is 9.90 Å². The molecule has 1 aromatic carbocycles. The molecule has 1 unspecified atom stereocenters. The van der Waals surface area contributed by atoms with E-state index in [4.69, 9.17) is 4.42 Å². The Morgan fingerprint density at radius 1 is 1.08 bits per heavy atom. The second-order valence-electron chi connectivity index (χ2n) is 6.72. The lowest BCUT2D eigenvalue weighted by molar-refractivity contribution is 0.383. The zero-order chi connectivity index (χ0) is 16.9. The normalized spacial score (nSPS) is 16.0. The number of rotatable bonds is 4. The van der Waals surface area contributed by atoms with Gasteiger partial charge in [-0.3, -0.25) is 0 Å². The molecule has 3 nitrogen and oxygen atoms in total. The Morgan fingerprint density at radius 2 is 1.79 bits per heavy atom. The zero-order valence-corrected chi connectivity index (χ0v) is 14.4. The highest BCUT2D eigenvalue weighted by atomic mass is 16.4. The Labute approximate surface area is 143 Å². The maximum absolute atomic E-state index is 12.7. The average molecular weight is 326 g/mol. The number of fused-ring (bicyclic) bond motifs is 1. The molecule has 3 rings (SSSR count). The summed E-state index contributed by atoms with van der Waals surface area (Å²) in [4.78, 5) is 12.7. The molecule has 0 amide bonds. The fraction of sp³-hybridized carbons (Fsp3) is 0.476. The first-order chi connectivity index (χ1) is 11.7. The summed E-state index contributed by atoms with van der Waals surface area (Å²) in [6, 6.07) is 9.97. The molecule has 2 aromatic rings. The minimum Gasteiger partial charge on any atom is -0.507 e. The van der Waals surface area contributed by atoms with Crippen molar-refractivity contribution >= 4 is 0 Å². The first kappa shape index (κ1) is 16.8. The molecular weight excluding hydrogens is 300 g/mol. The molecule has 0 radical (unpaired) electrons. The van der Waals surface area contributed by atoms with Crippen molar-refractivity contribution in [3.05, 3.63) is 63.2 Å². The highest BCUT2D eigenvalue weighted by Crippen LogP contribution is 2.37. The van der Waals surface area contributed by atoms with E-state index in [1.54, 1.807) is 0 Å². The maximum Gasteiger partial charge on any atom is 0.343 e. The largest absolute Gasteiger partial charge is 0.507 e. The van der Waals surface area contributed by atoms with Gasteiger partial charge in [0.05, 0.1) is 5.56 Å². The second-order valence-corrected chi connectivity index (χ2v) is 6.72. The van der Waals surface area contributed by atoms with Gasteiger partial charge in [0.1, 0.15) is 11.5 Å². The molecule has 128 valence electrons. The zero-order valence-electron chi connectivity index (χ0n) is 14.4. The first-order valence-electron chi connectivity index (χ1n) is 9.15. The fourth-order valence-electron chi connectivity index (χ4n) is 3.78. The molecule has 0 aliphatic heterocycles. The van der Waals surface area contributed by atoms with Gasteiger partial charge in [-0.2, -0.15) is 0 Å². The lowest BCUT2D eigenvalue weighted by atomic mass is 9.86. The fourth-order valence-corrected chi connectivity index (χ4v) is 3.78. The molecule has 1 aromatic heterocycles. The number of aryl methyl sites for hydroxylation is 1. The van der Waals surface area contributed by atoms with Gasteiger partial charge in [0.2, 0.25) is 0 Å². The lowest BCUT2D eigenvalue weighted by Crippen LogP contribution is -2.18. The predicted octanol–water partition coefficient (Wildman–Crippen LogP) is 4.94. The van der Waals surface area contributed by atoms with E-state index in [1.807, 2.05) is 30.3 Å². The van der Waals surface area contributed by atoms with Gasteiger partial charge < -0.3 is 9.52 Å². The van der Waals surface area contributed by atoms with E-state index in [2.05, 4.69) is 6.92 Å². The smallest absolute Gasteiger partial charge is 0.343 e. The van der Waals surface area contributed by atoms with Gasteiger partial charge in [0, 0.05) is 17.9 Å². The van der Waals surface area contributed by atoms with Crippen molar-refractivity contribution < 1.29 is 9.52 Å². The minimum absolute atomic E-state index is 0.108. The van der Waals surface area contributed by atoms with Gasteiger partial charge in [-0.05, 0) is 31.2 Å². The first-order valence-corrected chi connectivity index (χ1v) is 9.15. The van der Waals surface area contributed by atoms with Gasteiger partial charge in [0.15, 0.2) is 0 Å². The van der Waals surface area contributed by atoms with Gasteiger partial charge in [-0.15, -0.1) is 0 Å². The predicted molar refractivity (Wildman–Crippen MR) is 95.7 cm³/mol. The van der Waals surface area contributed by atoms with Crippen molar-refractivity contribution in [2.24, 2.45) is 0 Å². The summed E-state index contributed by atoms with van der Waals surface area (Å²) in [7, 11) is 0. The molecule has 1 atom stereocenters. The Bertz CT molecular complexity index is 731. The molecule has 0 saturated heterocycles. The van der Waals surface area contributed by atoms with Crippen LogP contribution in [-0.4, -0.2) is 5.11 Å². The third kappa shape index (κ3) is 3.40. The Kier molecular flexibility index (Phi) is 5.39. The summed E-state index contributed by atoms with van der Waals surface area (Å²) in [6.07, 6.45) is 7.70. The average Bonchev–Trinajstić information content (AvgIpc) is 2.56. The van der Waals surface area contributed by atoms with E-state index in [0.29, 0.717) is 11.3 Å². The molecule has 1 N–H and O–H groups in total. The van der Waals surface area contributed by atoms with Crippen LogP contribution in [-0.2, 0) is 12.8 Å². The van der Waals surface area contributed by atoms with Crippen LogP contribution in [0.2, 0.25) is 0 Å². The van der Waals surface area contributed by atoms with E-state index in [-0.39, 0.29) is 17.3 Å². The van der Waals surface area contributed by atoms with Crippen LogP contribution in [0.3, 0.4) is 0 Å². The van der Waals surface area contributed by atoms with Crippen molar-refractivity contribution in [2.75, 3.05) is 0 Å². The molecule has 0 saturated carbocycles. The summed E-state index contributed by atoms with van der Waals surface area (Å²) in [5.74, 6) is 0.776. The standard InChI is InChI=1S/C21H26O3/c1-2-10-16(15-11-6-5-7-12-15)19-20(22)17-13-8-3-4-9-14-18(17)24-21(19)23/h5-7,11-12,16,22H,2-4,8-10,13-14H2,1H3. The summed E-state index contributed by atoms with van der Waals surface area (Å²) in [6.45, 7) is 2.10. The summed E-state index contributed by atoms with van der Waals surface area (Å²) in [5.41, 5.74) is 2.01. The van der Waals surface area contributed by atoms with E-state index < -0.39 is 0 Å². The van der Waals surface area contributed by atoms with Gasteiger partial charge in [0.25, 0.3) is 0 Å². The second kappa shape index (κ2) is 7.69. The summed E-state index contributed by atoms with van der Waals surface area (Å²) in [5, 5.41) is 10.9. The number of hydrogen-bond acceptors (Lipinski definition) is 3. The molecule has 3 heteroatoms. The van der Waals surface area contributed by atoms with E-state index in [0.717, 1.165) is 56.1 Å². The van der Waals surface area contributed by atoms with Crippen molar-refractivity contribution in [1.29, 1.82) is 0 Å². The van der Waals surface area contributed by atoms with Crippen LogP contribution < -0.4 is 5.63 Å². The van der Waals surface area contributed by atoms with Gasteiger partial charge in [-0.25, -0.2) is 4.79 Å². The van der Waals surface area contributed by atoms with Crippen LogP contribution in [0.15, 0.2) is 39.5 Å². The molecule has 1 aliphatic rings. The molecule has 0 spiro atoms. The third-order valence-electron chi connectivity index (χ3n) is 5.02. The maximum atomic E-state index is 12.7. The molecule has 0 fully saturated rings. The molecule has 24 heavy (non-hydrogen) atoms. The lowest BCUT2D eigenvalue weighted by Gasteiger charge is -2.21. The van der Waals surface area contributed by atoms with Crippen LogP contribution in [0.4, 0.5) is 0 Å². The van der Waals surface area contributed by atoms with Crippen molar-refractivity contribution in [3.63, 3.8) is 0 Å². The van der Waals surface area contributed by atoms with Gasteiger partial charge in [-0.1, -0.05) is 56.5 Å². The highest BCUT2D eigenvalue weighted by molar-refractivity contribution is 5.46. The molecular formula is C21H26O3. The Morgan fingerprint density at radius 3 is 2.50 bits per heavy atom. The summed E-state index contributed by atoms with van der Waals surface area (Å²) < 4.78 is 5.68. The quantitative estimate of drug-likeness (QED) is 0.866. The van der Waals surface area contributed by atoms with Crippen molar-refractivity contribution in [1.82, 2.24) is 0 Å². The SMILES string of the molecule is CCCC(c1ccccc1)c1c(O)c2c(oc1=O)CCCCCC2. The van der Waals surface area contributed by atoms with Crippen molar-refractivity contribution in [3.8, 4) is 5.75 Å². The minimum atomic E-state index is -0.367. The van der Waals surface area contributed by atoms with Crippen molar-refractivity contribution in [2.45, 2.75) is 64.2 Å². The Balaban J connectivity index is 2.11. The third-order valence-corrected chi connectivity index (χ3v) is 5.02. The Hall–Kier alpha value is -2.03. The van der Waals surface area contributed by atoms with Crippen LogP contribution in [0.5, 0.6) is 5.75 Å². The topological polar surface area (TPSA) is 50.4 Å². The molecule has 0 bridgehead atoms. The van der Waals surface area contributed by atoms with E-state index >= 15 is 0 Å². The number of benzene rings is 1. The number of aromatic hydroxyl groups is 1. The van der Waals surface area contributed by atoms with Gasteiger partial charge >= 0.3 is 5.63 Å². The van der Waals surface area contributed by atoms with Crippen LogP contribution in [0.25, 0.3) is 0 Å². The highest BCUT2D eigenvalue weighted by Gasteiger charge is 2.26. The van der Waals surface area contributed by atoms with Crippen LogP contribution >= 0.6 is 0 Å². The molecule has 1 aliphatic carbocycles. The monoisotopic (exact) mass is 326 g/mol. The summed E-state index contributed by atoms with van der Waals surface area (Å²) >= 11 is 0. The number of hydrogen-bond donors (Lipinski definition) is 1. The van der Waals surface area contributed by atoms with Crippen LogP contribution in [0.1, 0.15) is 73.8 Å². The van der Waals surface area contributed by atoms with E-state index in [1.165, 1.54) is 6.42 Å².